The van der Waals surface area contributed by atoms with E-state index in [1.807, 2.05) is 41.8 Å². The van der Waals surface area contributed by atoms with Crippen LogP contribution >= 0.6 is 27.3 Å². The van der Waals surface area contributed by atoms with Crippen molar-refractivity contribution in [2.24, 2.45) is 0 Å². The number of halogens is 1. The van der Waals surface area contributed by atoms with Crippen molar-refractivity contribution in [2.75, 3.05) is 0 Å². The molecule has 18 heavy (non-hydrogen) atoms. The molecule has 0 bridgehead atoms. The van der Waals surface area contributed by atoms with Gasteiger partial charge in [-0.25, -0.2) is 0 Å². The van der Waals surface area contributed by atoms with Crippen LogP contribution in [0.25, 0.3) is 0 Å². The van der Waals surface area contributed by atoms with Gasteiger partial charge in [-0.1, -0.05) is 37.3 Å². The van der Waals surface area contributed by atoms with Gasteiger partial charge in [0.05, 0.1) is 0 Å². The van der Waals surface area contributed by atoms with Gasteiger partial charge in [0.25, 0.3) is 0 Å². The van der Waals surface area contributed by atoms with Crippen LogP contribution in [0, 0.1) is 0 Å². The Balaban J connectivity index is 2.11. The lowest BCUT2D eigenvalue weighted by atomic mass is 9.90. The first-order valence-corrected chi connectivity index (χ1v) is 7.68. The molecular weight excluding hydrogens is 308 g/mol. The van der Waals surface area contributed by atoms with Gasteiger partial charge in [-0.2, -0.15) is 0 Å². The fourth-order valence-electron chi connectivity index (χ4n) is 2.08. The molecule has 2 rings (SSSR count). The molecule has 3 heteroatoms. The molecule has 1 unspecified atom stereocenters. The molecule has 1 nitrogen and oxygen atoms in total. The minimum absolute atomic E-state index is 0.0204. The number of Topliss-reactive ketones (excluding diaryl/α,β-unsaturated/α-hetero) is 1. The number of carbonyl (C=O) groups excluding carboxylic acids is 1. The molecule has 0 fully saturated rings. The van der Waals surface area contributed by atoms with Gasteiger partial charge >= 0.3 is 0 Å². The number of carbonyl (C=O) groups is 1. The van der Waals surface area contributed by atoms with E-state index in [0.29, 0.717) is 12.2 Å². The van der Waals surface area contributed by atoms with E-state index in [1.54, 1.807) is 11.3 Å². The molecule has 2 aromatic rings. The van der Waals surface area contributed by atoms with E-state index < -0.39 is 0 Å². The van der Waals surface area contributed by atoms with Crippen LogP contribution in [0.1, 0.15) is 29.7 Å². The van der Waals surface area contributed by atoms with Crippen LogP contribution in [0.2, 0.25) is 0 Å². The van der Waals surface area contributed by atoms with Gasteiger partial charge in [-0.05, 0) is 34.0 Å². The highest BCUT2D eigenvalue weighted by Crippen LogP contribution is 2.25. The topological polar surface area (TPSA) is 17.1 Å². The summed E-state index contributed by atoms with van der Waals surface area (Å²) in [5, 5.41) is 2.02. The van der Waals surface area contributed by atoms with Crippen molar-refractivity contribution >= 4 is 33.0 Å². The van der Waals surface area contributed by atoms with Crippen molar-refractivity contribution in [1.29, 1.82) is 0 Å². The number of hydrogen-bond donors (Lipinski definition) is 0. The van der Waals surface area contributed by atoms with Crippen molar-refractivity contribution < 1.29 is 4.79 Å². The highest BCUT2D eigenvalue weighted by atomic mass is 79.9. The normalized spacial score (nSPS) is 12.3. The summed E-state index contributed by atoms with van der Waals surface area (Å²) in [4.78, 5) is 13.5. The molecule has 94 valence electrons. The third-order valence-electron chi connectivity index (χ3n) is 2.97. The fraction of sp³-hybridized carbons (Fsp3) is 0.267. The third-order valence-corrected chi connectivity index (χ3v) is 4.67. The van der Waals surface area contributed by atoms with Crippen LogP contribution in [0.15, 0.2) is 46.3 Å². The lowest BCUT2D eigenvalue weighted by molar-refractivity contribution is -0.119. The van der Waals surface area contributed by atoms with E-state index in [0.717, 1.165) is 21.3 Å². The van der Waals surface area contributed by atoms with Gasteiger partial charge in [0, 0.05) is 27.1 Å². The van der Waals surface area contributed by atoms with Crippen LogP contribution in [-0.2, 0) is 11.2 Å². The zero-order valence-corrected chi connectivity index (χ0v) is 12.6. The molecule has 1 atom stereocenters. The molecule has 0 spiro atoms. The van der Waals surface area contributed by atoms with E-state index >= 15 is 0 Å². The summed E-state index contributed by atoms with van der Waals surface area (Å²) in [7, 11) is 0. The van der Waals surface area contributed by atoms with Crippen molar-refractivity contribution in [2.45, 2.75) is 25.7 Å². The van der Waals surface area contributed by atoms with Crippen LogP contribution < -0.4 is 0 Å². The average Bonchev–Trinajstić information content (AvgIpc) is 2.77. The molecule has 0 aliphatic carbocycles. The Morgan fingerprint density at radius 3 is 2.61 bits per heavy atom. The fourth-order valence-corrected chi connectivity index (χ4v) is 3.54. The summed E-state index contributed by atoms with van der Waals surface area (Å²) in [6, 6.07) is 12.1. The molecule has 0 radical (unpaired) electrons. The summed E-state index contributed by atoms with van der Waals surface area (Å²) >= 11 is 5.05. The van der Waals surface area contributed by atoms with E-state index in [1.165, 1.54) is 0 Å². The second-order valence-corrected chi connectivity index (χ2v) is 6.16. The quantitative estimate of drug-likeness (QED) is 0.771. The van der Waals surface area contributed by atoms with Gasteiger partial charge < -0.3 is 0 Å². The zero-order valence-electron chi connectivity index (χ0n) is 10.2. The summed E-state index contributed by atoms with van der Waals surface area (Å²) in [6.45, 7) is 2.07. The molecule has 0 saturated carbocycles. The minimum atomic E-state index is 0.0204. The largest absolute Gasteiger partial charge is 0.299 e. The Labute approximate surface area is 120 Å². The second kappa shape index (κ2) is 6.30. The number of rotatable bonds is 5. The molecule has 1 heterocycles. The lowest BCUT2D eigenvalue weighted by Gasteiger charge is -2.13. The van der Waals surface area contributed by atoms with Gasteiger partial charge in [-0.15, -0.1) is 11.3 Å². The number of hydrogen-bond acceptors (Lipinski definition) is 2. The van der Waals surface area contributed by atoms with Crippen LogP contribution in [0.4, 0.5) is 0 Å². The SMILES string of the molecule is CCC(C(=O)Cc1cc(Br)cs1)c1ccccc1. The smallest absolute Gasteiger partial charge is 0.145 e. The van der Waals surface area contributed by atoms with Crippen molar-refractivity contribution in [3.8, 4) is 0 Å². The summed E-state index contributed by atoms with van der Waals surface area (Å²) in [5.74, 6) is 0.324. The first kappa shape index (κ1) is 13.5. The molecule has 1 aromatic heterocycles. The van der Waals surface area contributed by atoms with Gasteiger partial charge in [0.15, 0.2) is 0 Å². The molecule has 1 aromatic carbocycles. The molecular formula is C15H15BrOS. The Bertz CT molecular complexity index is 518. The molecule has 0 aliphatic heterocycles. The maximum atomic E-state index is 12.3. The van der Waals surface area contributed by atoms with E-state index in [9.17, 15) is 4.79 Å². The Kier molecular flexibility index (Phi) is 4.72. The van der Waals surface area contributed by atoms with Crippen molar-refractivity contribution in [3.63, 3.8) is 0 Å². The van der Waals surface area contributed by atoms with Crippen LogP contribution in [0.3, 0.4) is 0 Å². The molecule has 0 N–H and O–H groups in total. The highest BCUT2D eigenvalue weighted by Gasteiger charge is 2.19. The zero-order chi connectivity index (χ0) is 13.0. The van der Waals surface area contributed by atoms with E-state index in [-0.39, 0.29) is 5.92 Å². The predicted octanol–water partition coefficient (Wildman–Crippen LogP) is 4.82. The third kappa shape index (κ3) is 3.30. The second-order valence-electron chi connectivity index (χ2n) is 4.25. The maximum absolute atomic E-state index is 12.3. The number of ketones is 1. The lowest BCUT2D eigenvalue weighted by Crippen LogP contribution is -2.13. The van der Waals surface area contributed by atoms with E-state index in [4.69, 9.17) is 0 Å². The van der Waals surface area contributed by atoms with Crippen LogP contribution in [-0.4, -0.2) is 5.78 Å². The Morgan fingerprint density at radius 2 is 2.06 bits per heavy atom. The summed E-state index contributed by atoms with van der Waals surface area (Å²) in [6.07, 6.45) is 1.39. The molecule has 0 amide bonds. The van der Waals surface area contributed by atoms with Gasteiger partial charge in [0.1, 0.15) is 5.78 Å². The standard InChI is InChI=1S/C15H15BrOS/c1-2-14(11-6-4-3-5-7-11)15(17)9-13-8-12(16)10-18-13/h3-8,10,14H,2,9H2,1H3. The average molecular weight is 323 g/mol. The first-order chi connectivity index (χ1) is 8.70. The predicted molar refractivity (Wildman–Crippen MR) is 80.2 cm³/mol. The number of benzene rings is 1. The monoisotopic (exact) mass is 322 g/mol. The number of thiophene rings is 1. The molecule has 0 aliphatic rings. The molecule has 0 saturated heterocycles. The van der Waals surface area contributed by atoms with Gasteiger partial charge in [0.2, 0.25) is 0 Å². The van der Waals surface area contributed by atoms with Crippen molar-refractivity contribution in [1.82, 2.24) is 0 Å². The Hall–Kier alpha value is -0.930. The maximum Gasteiger partial charge on any atom is 0.145 e. The highest BCUT2D eigenvalue weighted by molar-refractivity contribution is 9.10. The first-order valence-electron chi connectivity index (χ1n) is 6.01. The Morgan fingerprint density at radius 1 is 1.33 bits per heavy atom. The summed E-state index contributed by atoms with van der Waals surface area (Å²) < 4.78 is 1.06. The van der Waals surface area contributed by atoms with Crippen molar-refractivity contribution in [3.05, 3.63) is 56.7 Å². The van der Waals surface area contributed by atoms with Crippen LogP contribution in [0.5, 0.6) is 0 Å². The minimum Gasteiger partial charge on any atom is -0.299 e. The van der Waals surface area contributed by atoms with Gasteiger partial charge in [-0.3, -0.25) is 4.79 Å². The van der Waals surface area contributed by atoms with E-state index in [2.05, 4.69) is 22.9 Å². The summed E-state index contributed by atoms with van der Waals surface area (Å²) in [5.41, 5.74) is 1.13.